The van der Waals surface area contributed by atoms with E-state index in [0.29, 0.717) is 21.1 Å². The number of thiophene rings is 1. The molecule has 1 saturated heterocycles. The third kappa shape index (κ3) is 5.85. The lowest BCUT2D eigenvalue weighted by Crippen LogP contribution is -2.43. The Kier molecular flexibility index (Phi) is 7.65. The van der Waals surface area contributed by atoms with Crippen molar-refractivity contribution in [1.29, 1.82) is 0 Å². The molecule has 0 radical (unpaired) electrons. The summed E-state index contributed by atoms with van der Waals surface area (Å²) in [5.74, 6) is -3.26. The molecular formula is C15H19F3N6O8S2. The molecule has 190 valence electrons. The van der Waals surface area contributed by atoms with Crippen LogP contribution in [0.4, 0.5) is 18.0 Å². The molecule has 1 fully saturated rings. The lowest BCUT2D eigenvalue weighted by Gasteiger charge is -2.32. The average Bonchev–Trinajstić information content (AvgIpc) is 3.21. The van der Waals surface area contributed by atoms with Crippen LogP contribution in [0.25, 0.3) is 0 Å². The molecule has 2 atom stereocenters. The van der Waals surface area contributed by atoms with Crippen molar-refractivity contribution in [2.45, 2.75) is 24.8 Å². The number of amides is 3. The molecule has 2 aliphatic rings. The van der Waals surface area contributed by atoms with Gasteiger partial charge >= 0.3 is 28.6 Å². The largest absolute Gasteiger partial charge is 0.490 e. The fourth-order valence-corrected chi connectivity index (χ4v) is 4.67. The first kappa shape index (κ1) is 27.1. The van der Waals surface area contributed by atoms with Crippen LogP contribution in [-0.2, 0) is 30.8 Å². The smallest absolute Gasteiger partial charge is 0.475 e. The molecule has 0 spiro atoms. The number of aliphatic imine (C=N–C) groups is 1. The monoisotopic (exact) mass is 532 g/mol. The highest BCUT2D eigenvalue weighted by atomic mass is 32.3. The highest BCUT2D eigenvalue weighted by Gasteiger charge is 2.54. The predicted octanol–water partition coefficient (Wildman–Crippen LogP) is -0.189. The van der Waals surface area contributed by atoms with Crippen LogP contribution >= 0.6 is 11.3 Å². The number of alkyl halides is 3. The number of fused-ring (bicyclic) bond motifs is 4. The molecular weight excluding hydrogens is 513 g/mol. The van der Waals surface area contributed by atoms with Crippen LogP contribution in [0.15, 0.2) is 10.4 Å². The van der Waals surface area contributed by atoms with Gasteiger partial charge in [0.1, 0.15) is 12.1 Å². The normalized spacial score (nSPS) is 19.2. The van der Waals surface area contributed by atoms with Gasteiger partial charge in [0.05, 0.1) is 13.1 Å². The van der Waals surface area contributed by atoms with Gasteiger partial charge in [-0.25, -0.2) is 14.6 Å². The van der Waals surface area contributed by atoms with Crippen molar-refractivity contribution < 1.29 is 49.9 Å². The van der Waals surface area contributed by atoms with Gasteiger partial charge in [0.25, 0.3) is 0 Å². The summed E-state index contributed by atoms with van der Waals surface area (Å²) in [6.07, 6.45) is -5.08. The van der Waals surface area contributed by atoms with Gasteiger partial charge in [0.15, 0.2) is 5.96 Å². The van der Waals surface area contributed by atoms with E-state index < -0.39 is 40.7 Å². The first-order chi connectivity index (χ1) is 15.5. The number of guanidine groups is 1. The van der Waals surface area contributed by atoms with Crippen LogP contribution in [0.2, 0.25) is 0 Å². The molecule has 2 bridgehead atoms. The van der Waals surface area contributed by atoms with Crippen LogP contribution in [0, 0.1) is 0 Å². The third-order valence-corrected chi connectivity index (χ3v) is 5.94. The number of hydrogen-bond donors (Lipinski definition) is 4. The Morgan fingerprint density at radius 3 is 2.35 bits per heavy atom. The second kappa shape index (κ2) is 9.60. The van der Waals surface area contributed by atoms with Crippen molar-refractivity contribution in [2.24, 2.45) is 16.5 Å². The van der Waals surface area contributed by atoms with Crippen LogP contribution in [0.5, 0.6) is 0 Å². The van der Waals surface area contributed by atoms with E-state index in [0.717, 1.165) is 0 Å². The molecule has 6 N–H and O–H groups in total. The van der Waals surface area contributed by atoms with E-state index in [2.05, 4.69) is 9.28 Å². The number of carbonyl (C=O) groups excluding carboxylic acids is 2. The average molecular weight is 532 g/mol. The second-order valence-electron chi connectivity index (χ2n) is 7.00. The number of carbonyl (C=O) groups is 3. The van der Waals surface area contributed by atoms with Gasteiger partial charge in [0, 0.05) is 24.5 Å². The first-order valence-corrected chi connectivity index (χ1v) is 11.1. The fourth-order valence-electron chi connectivity index (χ4n) is 3.13. The molecule has 2 unspecified atom stereocenters. The van der Waals surface area contributed by atoms with Crippen molar-refractivity contribution in [3.8, 4) is 0 Å². The number of halogens is 3. The van der Waals surface area contributed by atoms with E-state index in [1.807, 2.05) is 0 Å². The van der Waals surface area contributed by atoms with Gasteiger partial charge in [-0.1, -0.05) is 0 Å². The molecule has 1 aromatic heterocycles. The van der Waals surface area contributed by atoms with Gasteiger partial charge in [-0.3, -0.25) is 9.35 Å². The molecule has 3 amide bonds. The second-order valence-corrected chi connectivity index (χ2v) is 8.91. The minimum Gasteiger partial charge on any atom is -0.475 e. The fraction of sp³-hybridized carbons (Fsp3) is 0.467. The van der Waals surface area contributed by atoms with E-state index >= 15 is 0 Å². The summed E-state index contributed by atoms with van der Waals surface area (Å²) in [5, 5.41) is 9.43. The predicted molar refractivity (Wildman–Crippen MR) is 108 cm³/mol. The Bertz CT molecular complexity index is 1120. The molecule has 14 nitrogen and oxygen atoms in total. The first-order valence-electron chi connectivity index (χ1n) is 8.89. The van der Waals surface area contributed by atoms with Crippen molar-refractivity contribution in [2.75, 3.05) is 20.6 Å². The van der Waals surface area contributed by atoms with Crippen molar-refractivity contribution in [3.63, 3.8) is 0 Å². The van der Waals surface area contributed by atoms with E-state index in [9.17, 15) is 31.2 Å². The van der Waals surface area contributed by atoms with E-state index in [-0.39, 0.29) is 25.0 Å². The number of hydroxylamine groups is 2. The highest BCUT2D eigenvalue weighted by Crippen LogP contribution is 2.48. The van der Waals surface area contributed by atoms with Gasteiger partial charge in [-0.2, -0.15) is 26.7 Å². The summed E-state index contributed by atoms with van der Waals surface area (Å²) in [6, 6.07) is -2.61. The summed E-state index contributed by atoms with van der Waals surface area (Å²) in [4.78, 5) is 41.4. The third-order valence-electron chi connectivity index (χ3n) is 4.44. The van der Waals surface area contributed by atoms with Crippen LogP contribution in [0.3, 0.4) is 0 Å². The van der Waals surface area contributed by atoms with Gasteiger partial charge in [-0.15, -0.1) is 15.6 Å². The Labute approximate surface area is 194 Å². The Morgan fingerprint density at radius 1 is 1.35 bits per heavy atom. The Morgan fingerprint density at radius 2 is 1.91 bits per heavy atom. The SMILES string of the molecule is CN(C)C(=O)C1c2c(CN=C(N)N)csc2C2CN1C(=O)N2OS(=O)(=O)O.O=C(O)C(F)(F)F. The van der Waals surface area contributed by atoms with Crippen LogP contribution in [-0.4, -0.2) is 83.6 Å². The maximum absolute atomic E-state index is 12.8. The molecule has 34 heavy (non-hydrogen) atoms. The zero-order valence-electron chi connectivity index (χ0n) is 17.4. The minimum atomic E-state index is -5.08. The maximum atomic E-state index is 12.8. The summed E-state index contributed by atoms with van der Waals surface area (Å²) < 4.78 is 67.5. The lowest BCUT2D eigenvalue weighted by molar-refractivity contribution is -0.192. The molecule has 0 aromatic carbocycles. The molecule has 1 aromatic rings. The van der Waals surface area contributed by atoms with Crippen LogP contribution in [0.1, 0.15) is 28.1 Å². The number of carboxylic acids is 1. The number of carboxylic acid groups (broad SMARTS) is 1. The van der Waals surface area contributed by atoms with E-state index in [1.165, 1.54) is 21.1 Å². The zero-order chi connectivity index (χ0) is 26.2. The molecule has 19 heteroatoms. The zero-order valence-corrected chi connectivity index (χ0v) is 19.0. The van der Waals surface area contributed by atoms with Crippen molar-refractivity contribution in [3.05, 3.63) is 21.4 Å². The molecule has 0 saturated carbocycles. The standard InChI is InChI=1S/C13H18N6O6S2.C2HF3O2/c1-17(2)11(20)9-8-6(3-16-12(14)15)5-26-10(8)7-4-18(9)13(21)19(7)25-27(22,23)24;3-2(4,5)1(6)7/h5,7,9H,3-4H2,1-2H3,(H4,14,15,16)(H,22,23,24);(H,6,7). The number of nitrogens with two attached hydrogens (primary N) is 2. The topological polar surface area (TPSA) is 209 Å². The number of likely N-dealkylation sites (N-methyl/N-ethyl adjacent to an activating group) is 1. The maximum Gasteiger partial charge on any atom is 0.490 e. The Hall–Kier alpha value is -3.16. The molecule has 3 rings (SSSR count). The molecule has 2 aliphatic heterocycles. The van der Waals surface area contributed by atoms with Crippen molar-refractivity contribution >= 4 is 45.6 Å². The summed E-state index contributed by atoms with van der Waals surface area (Å²) >= 11 is 1.23. The van der Waals surface area contributed by atoms with Gasteiger partial charge < -0.3 is 26.4 Å². The number of rotatable bonds is 5. The number of urea groups is 1. The molecule has 3 heterocycles. The lowest BCUT2D eigenvalue weighted by atomic mass is 9.94. The number of nitrogens with zero attached hydrogens (tertiary/aromatic N) is 4. The summed E-state index contributed by atoms with van der Waals surface area (Å²) in [6.45, 7) is 0.132. The summed E-state index contributed by atoms with van der Waals surface area (Å²) in [5.41, 5.74) is 11.9. The van der Waals surface area contributed by atoms with E-state index in [4.69, 9.17) is 25.9 Å². The highest BCUT2D eigenvalue weighted by molar-refractivity contribution is 7.80. The number of hydrogen-bond acceptors (Lipinski definition) is 8. The summed E-state index contributed by atoms with van der Waals surface area (Å²) in [7, 11) is -1.83. The Balaban J connectivity index is 0.000000509. The van der Waals surface area contributed by atoms with E-state index in [1.54, 1.807) is 19.5 Å². The minimum absolute atomic E-state index is 0.0356. The van der Waals surface area contributed by atoms with Crippen LogP contribution < -0.4 is 11.5 Å². The van der Waals surface area contributed by atoms with Gasteiger partial charge in [0.2, 0.25) is 5.91 Å². The molecule has 0 aliphatic carbocycles. The quantitative estimate of drug-likeness (QED) is 0.223. The van der Waals surface area contributed by atoms with Gasteiger partial charge in [-0.05, 0) is 10.9 Å². The van der Waals surface area contributed by atoms with Crippen molar-refractivity contribution in [1.82, 2.24) is 14.9 Å². The number of aliphatic carboxylic acids is 1.